The van der Waals surface area contributed by atoms with Gasteiger partial charge >= 0.3 is 0 Å². The number of nitrogens with one attached hydrogen (secondary N) is 1. The molecule has 8 heteroatoms. The van der Waals surface area contributed by atoms with E-state index in [0.717, 1.165) is 22.5 Å². The Morgan fingerprint density at radius 2 is 1.78 bits per heavy atom. The van der Waals surface area contributed by atoms with Gasteiger partial charge in [-0.05, 0) is 68.8 Å². The number of hydrogen-bond acceptors (Lipinski definition) is 5. The molecule has 0 unspecified atom stereocenters. The number of carbonyl (C=O) groups excluding carboxylic acids is 1. The number of amides is 1. The highest BCUT2D eigenvalue weighted by atomic mass is 19.1. The molecule has 0 aliphatic carbocycles. The van der Waals surface area contributed by atoms with E-state index >= 15 is 0 Å². The van der Waals surface area contributed by atoms with E-state index in [4.69, 9.17) is 9.15 Å². The van der Waals surface area contributed by atoms with Crippen LogP contribution in [0.25, 0.3) is 22.9 Å². The lowest BCUT2D eigenvalue weighted by Gasteiger charge is -2.13. The summed E-state index contributed by atoms with van der Waals surface area (Å²) in [5, 5.41) is 11.1. The molecule has 0 aliphatic heterocycles. The van der Waals surface area contributed by atoms with Crippen LogP contribution in [0.4, 0.5) is 10.1 Å². The number of halogens is 1. The summed E-state index contributed by atoms with van der Waals surface area (Å²) in [7, 11) is 1.57. The molecule has 0 saturated carbocycles. The molecule has 1 N–H and O–H groups in total. The van der Waals surface area contributed by atoms with Crippen LogP contribution in [0.2, 0.25) is 0 Å². The maximum Gasteiger partial charge on any atom is 0.249 e. The van der Waals surface area contributed by atoms with E-state index in [-0.39, 0.29) is 18.3 Å². The standard InChI is InChI=1S/C24H23FN4O3/c1-14-5-10-21(31-4)20(11-14)26-22(30)13-29-15(2)12-19(16(29)3)24-28-27-23(32-24)17-6-8-18(25)9-7-17/h5-12H,13H2,1-4H3,(H,26,30). The lowest BCUT2D eigenvalue weighted by Crippen LogP contribution is -2.20. The zero-order chi connectivity index (χ0) is 22.8. The Bertz CT molecular complexity index is 1280. The van der Waals surface area contributed by atoms with Gasteiger partial charge in [-0.2, -0.15) is 0 Å². The molecule has 0 saturated heterocycles. The topological polar surface area (TPSA) is 82.2 Å². The highest BCUT2D eigenvalue weighted by molar-refractivity contribution is 5.92. The number of benzene rings is 2. The zero-order valence-corrected chi connectivity index (χ0v) is 18.3. The van der Waals surface area contributed by atoms with Gasteiger partial charge in [-0.25, -0.2) is 4.39 Å². The molecule has 0 atom stereocenters. The molecule has 0 bridgehead atoms. The van der Waals surface area contributed by atoms with Crippen LogP contribution in [0.1, 0.15) is 17.0 Å². The fourth-order valence-corrected chi connectivity index (χ4v) is 3.55. The second-order valence-electron chi connectivity index (χ2n) is 7.54. The Balaban J connectivity index is 1.55. The lowest BCUT2D eigenvalue weighted by molar-refractivity contribution is -0.116. The second-order valence-corrected chi connectivity index (χ2v) is 7.54. The van der Waals surface area contributed by atoms with E-state index in [0.29, 0.717) is 28.8 Å². The first-order valence-corrected chi connectivity index (χ1v) is 10.1. The van der Waals surface area contributed by atoms with E-state index in [1.807, 2.05) is 49.6 Å². The van der Waals surface area contributed by atoms with Crippen molar-refractivity contribution in [3.8, 4) is 28.7 Å². The van der Waals surface area contributed by atoms with Gasteiger partial charge in [0.25, 0.3) is 0 Å². The largest absolute Gasteiger partial charge is 0.495 e. The summed E-state index contributed by atoms with van der Waals surface area (Å²) in [5.41, 5.74) is 4.72. The third kappa shape index (κ3) is 4.25. The van der Waals surface area contributed by atoms with Crippen molar-refractivity contribution in [2.75, 3.05) is 12.4 Å². The predicted molar refractivity (Wildman–Crippen MR) is 119 cm³/mol. The van der Waals surface area contributed by atoms with Crippen molar-refractivity contribution < 1.29 is 18.3 Å². The molecule has 4 rings (SSSR count). The van der Waals surface area contributed by atoms with Gasteiger partial charge in [0.1, 0.15) is 18.1 Å². The van der Waals surface area contributed by atoms with Crippen molar-refractivity contribution in [3.63, 3.8) is 0 Å². The summed E-state index contributed by atoms with van der Waals surface area (Å²) < 4.78 is 26.2. The van der Waals surface area contributed by atoms with Gasteiger partial charge in [-0.1, -0.05) is 6.07 Å². The van der Waals surface area contributed by atoms with Gasteiger partial charge in [-0.3, -0.25) is 4.79 Å². The molecule has 2 heterocycles. The second kappa shape index (κ2) is 8.66. The Morgan fingerprint density at radius 3 is 2.50 bits per heavy atom. The molecule has 32 heavy (non-hydrogen) atoms. The molecular formula is C24H23FN4O3. The van der Waals surface area contributed by atoms with Crippen LogP contribution in [0.3, 0.4) is 0 Å². The third-order valence-electron chi connectivity index (χ3n) is 5.25. The fourth-order valence-electron chi connectivity index (χ4n) is 3.55. The Hall–Kier alpha value is -3.94. The van der Waals surface area contributed by atoms with Gasteiger partial charge in [0, 0.05) is 17.0 Å². The van der Waals surface area contributed by atoms with Crippen LogP contribution in [0.15, 0.2) is 52.9 Å². The number of anilines is 1. The van der Waals surface area contributed by atoms with Gasteiger partial charge < -0.3 is 19.0 Å². The first kappa shape index (κ1) is 21.3. The number of aryl methyl sites for hydroxylation is 2. The summed E-state index contributed by atoms with van der Waals surface area (Å²) in [6.45, 7) is 5.87. The van der Waals surface area contributed by atoms with Gasteiger partial charge in [0.2, 0.25) is 17.7 Å². The quantitative estimate of drug-likeness (QED) is 0.466. The number of carbonyl (C=O) groups is 1. The maximum atomic E-state index is 13.2. The number of ether oxygens (including phenoxy) is 1. The average Bonchev–Trinajstić information content (AvgIpc) is 3.35. The van der Waals surface area contributed by atoms with E-state index in [1.54, 1.807) is 19.2 Å². The third-order valence-corrected chi connectivity index (χ3v) is 5.25. The summed E-state index contributed by atoms with van der Waals surface area (Å²) in [5.74, 6) is 0.724. The summed E-state index contributed by atoms with van der Waals surface area (Å²) in [6.07, 6.45) is 0. The highest BCUT2D eigenvalue weighted by Gasteiger charge is 2.19. The molecule has 1 amide bonds. The SMILES string of the molecule is COc1ccc(C)cc1NC(=O)Cn1c(C)cc(-c2nnc(-c3ccc(F)cc3)o2)c1C. The minimum atomic E-state index is -0.335. The normalized spacial score (nSPS) is 10.9. The van der Waals surface area contributed by atoms with Crippen LogP contribution < -0.4 is 10.1 Å². The smallest absolute Gasteiger partial charge is 0.249 e. The Labute approximate surface area is 184 Å². The first-order valence-electron chi connectivity index (χ1n) is 10.1. The molecule has 7 nitrogen and oxygen atoms in total. The Kier molecular flexibility index (Phi) is 5.77. The molecule has 2 aromatic carbocycles. The van der Waals surface area contributed by atoms with E-state index in [1.165, 1.54) is 12.1 Å². The molecule has 0 radical (unpaired) electrons. The van der Waals surface area contributed by atoms with Crippen LogP contribution in [0, 0.1) is 26.6 Å². The van der Waals surface area contributed by atoms with E-state index in [2.05, 4.69) is 15.5 Å². The van der Waals surface area contributed by atoms with E-state index in [9.17, 15) is 9.18 Å². The van der Waals surface area contributed by atoms with Crippen molar-refractivity contribution in [1.82, 2.24) is 14.8 Å². The van der Waals surface area contributed by atoms with Crippen molar-refractivity contribution in [2.24, 2.45) is 0 Å². The van der Waals surface area contributed by atoms with Gasteiger partial charge in [0.05, 0.1) is 18.4 Å². The molecular weight excluding hydrogens is 411 g/mol. The number of aromatic nitrogens is 3. The predicted octanol–water partition coefficient (Wildman–Crippen LogP) is 4.92. The number of methoxy groups -OCH3 is 1. The van der Waals surface area contributed by atoms with Crippen LogP contribution >= 0.6 is 0 Å². The lowest BCUT2D eigenvalue weighted by atomic mass is 10.2. The van der Waals surface area contributed by atoms with Crippen molar-refractivity contribution in [1.29, 1.82) is 0 Å². The molecule has 0 spiro atoms. The minimum Gasteiger partial charge on any atom is -0.495 e. The van der Waals surface area contributed by atoms with Gasteiger partial charge in [0.15, 0.2) is 0 Å². The average molecular weight is 434 g/mol. The molecule has 0 fully saturated rings. The number of nitrogens with zero attached hydrogens (tertiary/aromatic N) is 3. The van der Waals surface area contributed by atoms with Gasteiger partial charge in [-0.15, -0.1) is 10.2 Å². The maximum absolute atomic E-state index is 13.2. The molecule has 164 valence electrons. The summed E-state index contributed by atoms with van der Waals surface area (Å²) >= 11 is 0. The van der Waals surface area contributed by atoms with E-state index < -0.39 is 0 Å². The molecule has 0 aliphatic rings. The van der Waals surface area contributed by atoms with Crippen LogP contribution in [0.5, 0.6) is 5.75 Å². The van der Waals surface area contributed by atoms with Crippen molar-refractivity contribution in [3.05, 3.63) is 71.3 Å². The van der Waals surface area contributed by atoms with Crippen LogP contribution in [-0.4, -0.2) is 27.8 Å². The number of hydrogen-bond donors (Lipinski definition) is 1. The highest BCUT2D eigenvalue weighted by Crippen LogP contribution is 2.29. The van der Waals surface area contributed by atoms with Crippen molar-refractivity contribution in [2.45, 2.75) is 27.3 Å². The zero-order valence-electron chi connectivity index (χ0n) is 18.3. The number of rotatable bonds is 6. The van der Waals surface area contributed by atoms with Crippen molar-refractivity contribution >= 4 is 11.6 Å². The molecule has 4 aromatic rings. The minimum absolute atomic E-state index is 0.119. The Morgan fingerprint density at radius 1 is 1.06 bits per heavy atom. The molecule has 2 aromatic heterocycles. The summed E-state index contributed by atoms with van der Waals surface area (Å²) in [6, 6.07) is 13.4. The monoisotopic (exact) mass is 434 g/mol. The summed E-state index contributed by atoms with van der Waals surface area (Å²) in [4.78, 5) is 12.8. The fraction of sp³-hybridized carbons (Fsp3) is 0.208. The first-order chi connectivity index (χ1) is 15.4. The van der Waals surface area contributed by atoms with Crippen LogP contribution in [-0.2, 0) is 11.3 Å².